The number of ether oxygens (including phenoxy) is 1. The Morgan fingerprint density at radius 2 is 1.10 bits per heavy atom. The molecule has 0 unspecified atom stereocenters. The van der Waals surface area contributed by atoms with Crippen LogP contribution in [0.2, 0.25) is 0 Å². The standard InChI is InChI=1S/C75H121N15O24/c1-9-10-11-12-13-14-15-16-17-18-19-21-48-32-55(100)82-58(40(5)91)68(106)80-39(4)64(102)81-49(30-44-23-25-46(95)26-24-44)65(103)84-57(38(2)3)72(110)89-37-47(96)31-51(89)66(104)85-59(41(6)92)69(107)86-60(42(7)93)73(111)88-29-27-52(97)63(88)70(108)87-62(53(98)33-54(77)99)67(105)79-36-56(101)83-61(43(8)94)74(112)90(71(109)45-34-78-35-45)50(22-20-28-76)75(113)114-48/h23-26,38-43,45,47-53,57-63,78,91-98H,9-22,27-37,76H2,1-8H3,(H2,77,99)(H,79,105)(H,80,106)(H,81,102)(H,82,100)(H,83,101)(H,84,103)(H,85,104)(H,86,107)(H,87,108)/t39-,40-,41-,42-,43-,47-,48-,49+,50+,51+,52+,53-,57+,58-,59-,60+,61-,62+,63+/m1/s1. The molecule has 0 saturated carbocycles. The number of aromatic hydroxyl groups is 1. The molecule has 114 heavy (non-hydrogen) atoms. The molecule has 0 spiro atoms. The second-order valence-electron chi connectivity index (χ2n) is 30.5. The van der Waals surface area contributed by atoms with Crippen molar-refractivity contribution in [1.82, 2.24) is 67.9 Å². The Balaban J connectivity index is 1.60. The van der Waals surface area contributed by atoms with Crippen LogP contribution >= 0.6 is 0 Å². The van der Waals surface area contributed by atoms with E-state index in [1.54, 1.807) is 0 Å². The number of primary amides is 1. The van der Waals surface area contributed by atoms with Gasteiger partial charge in [-0.1, -0.05) is 97.1 Å². The van der Waals surface area contributed by atoms with Gasteiger partial charge in [0.25, 0.3) is 5.91 Å². The summed E-state index contributed by atoms with van der Waals surface area (Å²) in [6.45, 7) is 8.35. The summed E-state index contributed by atoms with van der Waals surface area (Å²) in [7, 11) is 0. The monoisotopic (exact) mass is 1620 g/mol. The minimum atomic E-state index is -2.27. The van der Waals surface area contributed by atoms with Gasteiger partial charge in [0.15, 0.2) is 0 Å². The number of carbonyl (C=O) groups excluding carboxylic acids is 15. The second kappa shape index (κ2) is 46.5. The predicted molar refractivity (Wildman–Crippen MR) is 405 cm³/mol. The van der Waals surface area contributed by atoms with Crippen LogP contribution in [0.25, 0.3) is 0 Å². The molecule has 0 radical (unpaired) electrons. The molecule has 22 N–H and O–H groups in total. The Hall–Kier alpha value is -9.09. The molecule has 4 aliphatic rings. The van der Waals surface area contributed by atoms with Crippen molar-refractivity contribution < 1.29 is 118 Å². The zero-order chi connectivity index (χ0) is 85.0. The molecule has 0 aliphatic carbocycles. The van der Waals surface area contributed by atoms with Gasteiger partial charge in [0.05, 0.1) is 68.0 Å². The number of rotatable bonds is 26. The quantitative estimate of drug-likeness (QED) is 0.0233. The highest BCUT2D eigenvalue weighted by atomic mass is 16.5. The second-order valence-corrected chi connectivity index (χ2v) is 30.5. The van der Waals surface area contributed by atoms with E-state index < -0.39 is 255 Å². The number of carbonyl (C=O) groups is 15. The van der Waals surface area contributed by atoms with Crippen LogP contribution in [0.15, 0.2) is 24.3 Å². The van der Waals surface area contributed by atoms with Crippen molar-refractivity contribution in [2.24, 2.45) is 23.3 Å². The highest BCUT2D eigenvalue weighted by Gasteiger charge is 2.50. The lowest BCUT2D eigenvalue weighted by Gasteiger charge is -2.37. The van der Waals surface area contributed by atoms with Crippen LogP contribution in [-0.2, 0) is 83.1 Å². The van der Waals surface area contributed by atoms with Crippen LogP contribution in [-0.4, -0.2) is 299 Å². The fourth-order valence-corrected chi connectivity index (χ4v) is 13.8. The molecule has 39 heteroatoms. The molecule has 4 fully saturated rings. The fourth-order valence-electron chi connectivity index (χ4n) is 13.8. The number of aliphatic hydroxyl groups is 7. The number of amides is 14. The Labute approximate surface area is 662 Å². The van der Waals surface area contributed by atoms with Gasteiger partial charge in [-0.25, -0.2) is 4.79 Å². The maximum absolute atomic E-state index is 15.1. The van der Waals surface area contributed by atoms with Crippen molar-refractivity contribution >= 4 is 88.7 Å². The normalized spacial score (nSPS) is 28.1. The third-order valence-corrected chi connectivity index (χ3v) is 20.5. The topological polar surface area (TPSA) is 609 Å². The van der Waals surface area contributed by atoms with Crippen molar-refractivity contribution in [2.75, 3.05) is 39.3 Å². The molecule has 14 amide bonds. The minimum absolute atomic E-state index is 0.00312. The number of nitrogens with one attached hydrogen (secondary N) is 10. The number of nitrogens with zero attached hydrogens (tertiary/aromatic N) is 3. The number of cyclic esters (lactones) is 1. The SMILES string of the molecule is CCCCCCCCCCCCC[C@@H]1CC(=O)N[C@H]([C@@H](C)O)C(=O)N[C@H](C)C(=O)N[C@@H](Cc2ccc(O)cc2)C(=O)N[C@@H](C(C)C)C(=O)N2C[C@H](O)C[C@H]2C(=O)N[C@H]([C@@H](C)O)C(=O)N[C@@H]([C@@H](C)O)C(=O)N2CC[C@H](O)[C@H]2C(=O)N[C@@H]([C@H](O)CC(N)=O)C(=O)NCC(=O)N[C@H]([C@@H](C)O)C(=O)N(C(=O)C2CNC2)[C@@H](CCCN)C(=O)O1. The first kappa shape index (κ1) is 95.5. The lowest BCUT2D eigenvalue weighted by Crippen LogP contribution is -2.64. The summed E-state index contributed by atoms with van der Waals surface area (Å²) in [5.74, 6) is -19.8. The lowest BCUT2D eigenvalue weighted by atomic mass is 9.97. The van der Waals surface area contributed by atoms with Gasteiger partial charge in [-0.3, -0.25) is 72.0 Å². The van der Waals surface area contributed by atoms with Crippen molar-refractivity contribution in [1.29, 1.82) is 0 Å². The van der Waals surface area contributed by atoms with E-state index in [4.69, 9.17) is 16.2 Å². The average molecular weight is 1620 g/mol. The van der Waals surface area contributed by atoms with Crippen LogP contribution in [0.1, 0.15) is 177 Å². The van der Waals surface area contributed by atoms with Crippen molar-refractivity contribution in [3.05, 3.63) is 29.8 Å². The Bertz CT molecular complexity index is 3450. The average Bonchev–Trinajstić information content (AvgIpc) is 1.52. The number of hydrogen-bond donors (Lipinski definition) is 20. The number of aliphatic hydroxyl groups excluding tert-OH is 7. The minimum Gasteiger partial charge on any atom is -0.508 e. The van der Waals surface area contributed by atoms with E-state index in [0.717, 1.165) is 90.4 Å². The van der Waals surface area contributed by atoms with Gasteiger partial charge in [0.2, 0.25) is 76.8 Å². The van der Waals surface area contributed by atoms with Crippen molar-refractivity contribution in [2.45, 2.75) is 293 Å². The van der Waals surface area contributed by atoms with E-state index >= 15 is 9.59 Å². The van der Waals surface area contributed by atoms with E-state index in [1.165, 1.54) is 45.0 Å². The zero-order valence-electron chi connectivity index (χ0n) is 66.2. The maximum Gasteiger partial charge on any atom is 0.329 e. The summed E-state index contributed by atoms with van der Waals surface area (Å²) >= 11 is 0. The van der Waals surface area contributed by atoms with E-state index in [9.17, 15) is 103 Å². The Morgan fingerprint density at radius 3 is 1.65 bits per heavy atom. The number of phenolic OH excluding ortho intramolecular Hbond substituents is 1. The van der Waals surface area contributed by atoms with Crippen molar-refractivity contribution in [3.8, 4) is 5.75 Å². The smallest absolute Gasteiger partial charge is 0.329 e. The van der Waals surface area contributed by atoms with E-state index in [2.05, 4.69) is 60.1 Å². The molecule has 19 atom stereocenters. The van der Waals surface area contributed by atoms with Crippen molar-refractivity contribution in [3.63, 3.8) is 0 Å². The van der Waals surface area contributed by atoms with Gasteiger partial charge in [-0.05, 0) is 96.9 Å². The third-order valence-electron chi connectivity index (χ3n) is 20.5. The van der Waals surface area contributed by atoms with Crippen LogP contribution in [0.4, 0.5) is 0 Å². The Kier molecular flexibility index (Phi) is 38.9. The molecule has 0 bridgehead atoms. The predicted octanol–water partition coefficient (Wildman–Crippen LogP) is -6.01. The molecule has 4 aliphatic heterocycles. The van der Waals surface area contributed by atoms with Gasteiger partial charge in [0, 0.05) is 39.0 Å². The third kappa shape index (κ3) is 28.4. The number of fused-ring (bicyclic) bond motifs is 2. The molecular weight excluding hydrogens is 1490 g/mol. The molecule has 640 valence electrons. The van der Waals surface area contributed by atoms with E-state index in [-0.39, 0.29) is 57.5 Å². The number of phenols is 1. The molecular formula is C75H121N15O24. The highest BCUT2D eigenvalue weighted by Crippen LogP contribution is 2.27. The summed E-state index contributed by atoms with van der Waals surface area (Å²) in [5.41, 5.74) is 11.7. The number of hydrogen-bond acceptors (Lipinski definition) is 26. The van der Waals surface area contributed by atoms with Gasteiger partial charge in [-0.2, -0.15) is 0 Å². The van der Waals surface area contributed by atoms with Gasteiger partial charge >= 0.3 is 5.97 Å². The first-order valence-corrected chi connectivity index (χ1v) is 39.4. The molecule has 1 aromatic rings. The summed E-state index contributed by atoms with van der Waals surface area (Å²) in [6.07, 6.45) is -7.36. The zero-order valence-corrected chi connectivity index (χ0v) is 66.2. The number of unbranched alkanes of at least 4 members (excludes halogenated alkanes) is 10. The number of benzene rings is 1. The van der Waals surface area contributed by atoms with Crippen LogP contribution in [0.3, 0.4) is 0 Å². The molecule has 39 nitrogen and oxygen atoms in total. The Morgan fingerprint density at radius 1 is 0.570 bits per heavy atom. The first-order chi connectivity index (χ1) is 53.8. The summed E-state index contributed by atoms with van der Waals surface area (Å²) in [6, 6.07) is -15.1. The lowest BCUT2D eigenvalue weighted by molar-refractivity contribution is -0.169. The van der Waals surface area contributed by atoms with Gasteiger partial charge in [0.1, 0.15) is 78.3 Å². The number of esters is 1. The fraction of sp³-hybridized carbons (Fsp3) is 0.720. The molecule has 1 aromatic carbocycles. The number of nitrogens with two attached hydrogens (primary N) is 2. The van der Waals surface area contributed by atoms with Crippen LogP contribution < -0.4 is 64.6 Å². The maximum atomic E-state index is 15.1. The number of imide groups is 1. The van der Waals surface area contributed by atoms with Crippen LogP contribution in [0.5, 0.6) is 5.75 Å². The molecule has 4 saturated heterocycles. The van der Waals surface area contributed by atoms with Gasteiger partial charge in [-0.15, -0.1) is 0 Å². The largest absolute Gasteiger partial charge is 0.508 e. The van der Waals surface area contributed by atoms with E-state index in [0.29, 0.717) is 28.2 Å². The molecule has 0 aromatic heterocycles. The van der Waals surface area contributed by atoms with Crippen LogP contribution in [0, 0.1) is 11.8 Å². The first-order valence-electron chi connectivity index (χ1n) is 39.4. The summed E-state index contributed by atoms with van der Waals surface area (Å²) in [5, 5.41) is 112. The van der Waals surface area contributed by atoms with Gasteiger partial charge < -0.3 is 120 Å². The molecule has 4 heterocycles. The highest BCUT2D eigenvalue weighted by molar-refractivity contribution is 6.05. The summed E-state index contributed by atoms with van der Waals surface area (Å²) in [4.78, 5) is 217. The van der Waals surface area contributed by atoms with E-state index in [1.807, 2.05) is 0 Å². The molecule has 5 rings (SSSR count). The summed E-state index contributed by atoms with van der Waals surface area (Å²) < 4.78 is 6.11.